The minimum atomic E-state index is -0.252. The normalized spacial score (nSPS) is 11.9. The quantitative estimate of drug-likeness (QED) is 0.706. The van der Waals surface area contributed by atoms with E-state index in [9.17, 15) is 9.59 Å². The maximum absolute atomic E-state index is 11.9. The molecule has 5 nitrogen and oxygen atoms in total. The van der Waals surface area contributed by atoms with Crippen LogP contribution < -0.4 is 16.0 Å². The summed E-state index contributed by atoms with van der Waals surface area (Å²) in [6, 6.07) is 6.70. The maximum Gasteiger partial charge on any atom is 0.315 e. The average molecular weight is 312 g/mol. The summed E-state index contributed by atoms with van der Waals surface area (Å²) in [4.78, 5) is 23.4. The lowest BCUT2D eigenvalue weighted by atomic mass is 10.1. The highest BCUT2D eigenvalue weighted by Crippen LogP contribution is 2.14. The van der Waals surface area contributed by atoms with Crippen molar-refractivity contribution in [1.82, 2.24) is 16.0 Å². The van der Waals surface area contributed by atoms with Gasteiger partial charge in [0.1, 0.15) is 0 Å². The van der Waals surface area contributed by atoms with Crippen molar-refractivity contribution in [1.29, 1.82) is 0 Å². The fraction of sp³-hybridized carbons (Fsp3) is 0.467. The van der Waals surface area contributed by atoms with Crippen LogP contribution >= 0.6 is 11.6 Å². The van der Waals surface area contributed by atoms with Crippen LogP contribution in [0.2, 0.25) is 5.02 Å². The van der Waals surface area contributed by atoms with Gasteiger partial charge in [0.15, 0.2) is 0 Å². The highest BCUT2D eigenvalue weighted by Gasteiger charge is 2.11. The van der Waals surface area contributed by atoms with E-state index in [-0.39, 0.29) is 18.0 Å². The van der Waals surface area contributed by atoms with E-state index in [1.807, 2.05) is 20.8 Å². The van der Waals surface area contributed by atoms with Crippen LogP contribution in [0.4, 0.5) is 4.79 Å². The number of hydrogen-bond acceptors (Lipinski definition) is 2. The zero-order chi connectivity index (χ0) is 15.8. The molecule has 0 aromatic heterocycles. The Balaban J connectivity index is 2.27. The molecule has 3 amide bonds. The number of carbonyl (C=O) groups excluding carboxylic acids is 2. The van der Waals surface area contributed by atoms with E-state index in [0.29, 0.717) is 29.6 Å². The number of hydrogen-bond donors (Lipinski definition) is 3. The lowest BCUT2D eigenvalue weighted by Crippen LogP contribution is -2.45. The maximum atomic E-state index is 11.9. The van der Waals surface area contributed by atoms with Crippen molar-refractivity contribution in [2.45, 2.75) is 26.8 Å². The molecule has 0 heterocycles. The second kappa shape index (κ2) is 8.52. The van der Waals surface area contributed by atoms with Gasteiger partial charge in [-0.2, -0.15) is 0 Å². The highest BCUT2D eigenvalue weighted by molar-refractivity contribution is 6.33. The Morgan fingerprint density at radius 1 is 1.10 bits per heavy atom. The number of halogens is 1. The monoisotopic (exact) mass is 311 g/mol. The molecule has 0 saturated carbocycles. The predicted molar refractivity (Wildman–Crippen MR) is 84.6 cm³/mol. The summed E-state index contributed by atoms with van der Waals surface area (Å²) in [6.45, 7) is 6.72. The SMILES string of the molecule is CC(C)C(C)NC(=O)NCCNC(=O)c1ccccc1Cl. The van der Waals surface area contributed by atoms with Crippen molar-refractivity contribution in [3.05, 3.63) is 34.9 Å². The molecule has 116 valence electrons. The van der Waals surface area contributed by atoms with Crippen LogP contribution in [-0.2, 0) is 0 Å². The van der Waals surface area contributed by atoms with Gasteiger partial charge in [0.05, 0.1) is 10.6 Å². The van der Waals surface area contributed by atoms with Crippen LogP contribution in [0.1, 0.15) is 31.1 Å². The molecular formula is C15H22ClN3O2. The first kappa shape index (κ1) is 17.3. The van der Waals surface area contributed by atoms with Crippen molar-refractivity contribution in [3.8, 4) is 0 Å². The van der Waals surface area contributed by atoms with E-state index < -0.39 is 0 Å². The first-order valence-corrected chi connectivity index (χ1v) is 7.36. The fourth-order valence-electron chi connectivity index (χ4n) is 1.52. The standard InChI is InChI=1S/C15H22ClN3O2/c1-10(2)11(3)19-15(21)18-9-8-17-14(20)12-6-4-5-7-13(12)16/h4-7,10-11H,8-9H2,1-3H3,(H,17,20)(H2,18,19,21). The molecule has 1 rings (SSSR count). The van der Waals surface area contributed by atoms with Crippen LogP contribution in [0.3, 0.4) is 0 Å². The Hall–Kier alpha value is -1.75. The number of urea groups is 1. The molecule has 0 bridgehead atoms. The Labute approximate surface area is 130 Å². The molecular weight excluding hydrogens is 290 g/mol. The third-order valence-corrected chi connectivity index (χ3v) is 3.50. The first-order chi connectivity index (χ1) is 9.91. The molecule has 6 heteroatoms. The number of amides is 3. The molecule has 0 radical (unpaired) electrons. The number of carbonyl (C=O) groups is 2. The molecule has 21 heavy (non-hydrogen) atoms. The molecule has 0 aliphatic carbocycles. The molecule has 1 aromatic rings. The molecule has 1 atom stereocenters. The number of rotatable bonds is 6. The van der Waals surface area contributed by atoms with Crippen LogP contribution in [-0.4, -0.2) is 31.1 Å². The summed E-state index contributed by atoms with van der Waals surface area (Å²) in [7, 11) is 0. The van der Waals surface area contributed by atoms with E-state index in [2.05, 4.69) is 16.0 Å². The van der Waals surface area contributed by atoms with Gasteiger partial charge in [0, 0.05) is 19.1 Å². The van der Waals surface area contributed by atoms with E-state index >= 15 is 0 Å². The average Bonchev–Trinajstić information content (AvgIpc) is 2.43. The molecule has 1 unspecified atom stereocenters. The van der Waals surface area contributed by atoms with Crippen molar-refractivity contribution < 1.29 is 9.59 Å². The second-order valence-corrected chi connectivity index (χ2v) is 5.58. The summed E-state index contributed by atoms with van der Waals surface area (Å²) < 4.78 is 0. The minimum absolute atomic E-state index is 0.0997. The predicted octanol–water partition coefficient (Wildman–Crippen LogP) is 2.41. The summed E-state index contributed by atoms with van der Waals surface area (Å²) >= 11 is 5.93. The van der Waals surface area contributed by atoms with Crippen LogP contribution in [0.25, 0.3) is 0 Å². The molecule has 0 aliphatic rings. The number of nitrogens with one attached hydrogen (secondary N) is 3. The Morgan fingerprint density at radius 2 is 1.71 bits per heavy atom. The lowest BCUT2D eigenvalue weighted by Gasteiger charge is -2.17. The van der Waals surface area contributed by atoms with Crippen molar-refractivity contribution in [3.63, 3.8) is 0 Å². The molecule has 0 fully saturated rings. The van der Waals surface area contributed by atoms with Crippen LogP contribution in [0.5, 0.6) is 0 Å². The van der Waals surface area contributed by atoms with Gasteiger partial charge < -0.3 is 16.0 Å². The molecule has 1 aromatic carbocycles. The fourth-order valence-corrected chi connectivity index (χ4v) is 1.74. The molecule has 0 saturated heterocycles. The van der Waals surface area contributed by atoms with Gasteiger partial charge in [-0.05, 0) is 25.0 Å². The Morgan fingerprint density at radius 3 is 2.33 bits per heavy atom. The third-order valence-electron chi connectivity index (χ3n) is 3.17. The topological polar surface area (TPSA) is 70.2 Å². The van der Waals surface area contributed by atoms with Crippen molar-refractivity contribution >= 4 is 23.5 Å². The van der Waals surface area contributed by atoms with Gasteiger partial charge in [0.2, 0.25) is 0 Å². The smallest absolute Gasteiger partial charge is 0.315 e. The van der Waals surface area contributed by atoms with Crippen LogP contribution in [0, 0.1) is 5.92 Å². The van der Waals surface area contributed by atoms with E-state index in [1.165, 1.54) is 0 Å². The highest BCUT2D eigenvalue weighted by atomic mass is 35.5. The zero-order valence-corrected chi connectivity index (χ0v) is 13.3. The van der Waals surface area contributed by atoms with Gasteiger partial charge >= 0.3 is 6.03 Å². The van der Waals surface area contributed by atoms with Crippen molar-refractivity contribution in [2.75, 3.05) is 13.1 Å². The summed E-state index contributed by atoms with van der Waals surface area (Å²) in [5.74, 6) is 0.119. The van der Waals surface area contributed by atoms with Gasteiger partial charge in [-0.25, -0.2) is 4.79 Å². The van der Waals surface area contributed by atoms with Gasteiger partial charge in [0.25, 0.3) is 5.91 Å². The largest absolute Gasteiger partial charge is 0.350 e. The van der Waals surface area contributed by atoms with E-state index in [1.54, 1.807) is 24.3 Å². The molecule has 3 N–H and O–H groups in total. The Kier molecular flexibility index (Phi) is 7.02. The van der Waals surface area contributed by atoms with E-state index in [4.69, 9.17) is 11.6 Å². The van der Waals surface area contributed by atoms with Crippen LogP contribution in [0.15, 0.2) is 24.3 Å². The van der Waals surface area contributed by atoms with Gasteiger partial charge in [-0.3, -0.25) is 4.79 Å². The lowest BCUT2D eigenvalue weighted by molar-refractivity contribution is 0.0954. The minimum Gasteiger partial charge on any atom is -0.350 e. The summed E-state index contributed by atoms with van der Waals surface area (Å²) in [5.41, 5.74) is 0.428. The molecule has 0 spiro atoms. The second-order valence-electron chi connectivity index (χ2n) is 5.17. The molecule has 0 aliphatic heterocycles. The summed E-state index contributed by atoms with van der Waals surface area (Å²) in [5, 5.41) is 8.63. The summed E-state index contributed by atoms with van der Waals surface area (Å²) in [6.07, 6.45) is 0. The number of benzene rings is 1. The third kappa shape index (κ3) is 6.04. The van der Waals surface area contributed by atoms with Crippen molar-refractivity contribution in [2.24, 2.45) is 5.92 Å². The van der Waals surface area contributed by atoms with Gasteiger partial charge in [-0.1, -0.05) is 37.6 Å². The first-order valence-electron chi connectivity index (χ1n) is 6.99. The zero-order valence-electron chi connectivity index (χ0n) is 12.6. The van der Waals surface area contributed by atoms with Gasteiger partial charge in [-0.15, -0.1) is 0 Å². The Bertz CT molecular complexity index is 492. The van der Waals surface area contributed by atoms with E-state index in [0.717, 1.165) is 0 Å².